The van der Waals surface area contributed by atoms with Gasteiger partial charge >= 0.3 is 5.97 Å². The van der Waals surface area contributed by atoms with Gasteiger partial charge in [-0.2, -0.15) is 5.26 Å². The fourth-order valence-electron chi connectivity index (χ4n) is 6.12. The zero-order chi connectivity index (χ0) is 39.5. The molecule has 1 saturated carbocycles. The van der Waals surface area contributed by atoms with Crippen molar-refractivity contribution in [2.24, 2.45) is 5.92 Å². The molecule has 0 unspecified atom stereocenters. The molecule has 1 aromatic carbocycles. The molecule has 1 aromatic heterocycles. The molecule has 4 rings (SSSR count). The summed E-state index contributed by atoms with van der Waals surface area (Å²) in [4.78, 5) is 39.3. The summed E-state index contributed by atoms with van der Waals surface area (Å²) in [5.74, 6) is 0.704. The highest BCUT2D eigenvalue weighted by Gasteiger charge is 2.27. The largest absolute Gasteiger partial charge is 0.490 e. The molecule has 2 heterocycles. The van der Waals surface area contributed by atoms with E-state index in [-0.39, 0.29) is 48.0 Å². The number of amides is 2. The molecule has 0 atom stereocenters. The lowest BCUT2D eigenvalue weighted by Gasteiger charge is -2.32. The molecule has 302 valence electrons. The number of esters is 1. The van der Waals surface area contributed by atoms with Crippen molar-refractivity contribution in [2.45, 2.75) is 83.5 Å². The van der Waals surface area contributed by atoms with Crippen LogP contribution < -0.4 is 20.3 Å². The third-order valence-corrected chi connectivity index (χ3v) is 9.29. The average molecular weight is 787 g/mol. The van der Waals surface area contributed by atoms with Crippen LogP contribution in [0.5, 0.6) is 5.75 Å². The van der Waals surface area contributed by atoms with Crippen LogP contribution in [0, 0.1) is 17.2 Å². The number of nitrogens with one attached hydrogen (secondary N) is 2. The van der Waals surface area contributed by atoms with Crippen molar-refractivity contribution in [3.05, 3.63) is 46.6 Å². The molecule has 1 aliphatic heterocycles. The number of rotatable bonds is 21. The Labute approximate surface area is 328 Å². The maximum absolute atomic E-state index is 12.9. The Hall–Kier alpha value is -4.07. The van der Waals surface area contributed by atoms with Crippen LogP contribution in [0.25, 0.3) is 0 Å². The first-order valence-corrected chi connectivity index (χ1v) is 19.4. The number of carbonyl (C=O) groups excluding carboxylic acids is 3. The van der Waals surface area contributed by atoms with Crippen LogP contribution in [0.3, 0.4) is 0 Å². The van der Waals surface area contributed by atoms with Crippen LogP contribution in [0.1, 0.15) is 81.8 Å². The minimum Gasteiger partial charge on any atom is -0.490 e. The second kappa shape index (κ2) is 23.1. The second-order valence-corrected chi connectivity index (χ2v) is 14.8. The molecule has 2 aliphatic rings. The summed E-state index contributed by atoms with van der Waals surface area (Å²) < 4.78 is 33.2. The number of halogens is 1. The van der Waals surface area contributed by atoms with Crippen molar-refractivity contribution in [1.82, 2.24) is 20.8 Å². The molecule has 0 bridgehead atoms. The Bertz CT molecular complexity index is 1540. The number of piperidine rings is 1. The van der Waals surface area contributed by atoms with E-state index >= 15 is 0 Å². The van der Waals surface area contributed by atoms with E-state index in [1.165, 1.54) is 0 Å². The van der Waals surface area contributed by atoms with E-state index in [0.29, 0.717) is 107 Å². The molecule has 1 saturated heterocycles. The third-order valence-electron chi connectivity index (χ3n) is 8.98. The number of carbonyl (C=O) groups is 3. The number of hydrogen-bond acceptors (Lipinski definition) is 13. The highest BCUT2D eigenvalue weighted by Crippen LogP contribution is 2.28. The van der Waals surface area contributed by atoms with Gasteiger partial charge in [-0.25, -0.2) is 0 Å². The summed E-state index contributed by atoms with van der Waals surface area (Å²) in [7, 11) is 0. The first-order chi connectivity index (χ1) is 26.5. The molecule has 0 radical (unpaired) electrons. The van der Waals surface area contributed by atoms with Crippen LogP contribution in [-0.2, 0) is 33.3 Å². The van der Waals surface area contributed by atoms with Crippen LogP contribution in [-0.4, -0.2) is 118 Å². The number of nitriles is 1. The lowest BCUT2D eigenvalue weighted by molar-refractivity contribution is -0.156. The molecule has 15 nitrogen and oxygen atoms in total. The highest BCUT2D eigenvalue weighted by molar-refractivity contribution is 6.31. The smallest absolute Gasteiger partial charge is 0.308 e. The molecule has 16 heteroatoms. The van der Waals surface area contributed by atoms with E-state index in [9.17, 15) is 14.4 Å². The minimum absolute atomic E-state index is 0.0131. The van der Waals surface area contributed by atoms with Crippen LogP contribution in [0.2, 0.25) is 5.02 Å². The molecule has 2 aromatic rings. The normalized spacial score (nSPS) is 17.6. The summed E-state index contributed by atoms with van der Waals surface area (Å²) in [6.45, 7) is 10.4. The summed E-state index contributed by atoms with van der Waals surface area (Å²) in [6.07, 6.45) is 4.71. The molecule has 1 aliphatic carbocycles. The Morgan fingerprint density at radius 1 is 0.855 bits per heavy atom. The van der Waals surface area contributed by atoms with Gasteiger partial charge in [-0.1, -0.05) is 11.6 Å². The topological polar surface area (TPSA) is 183 Å². The molecule has 0 spiro atoms. The van der Waals surface area contributed by atoms with Crippen molar-refractivity contribution < 1.29 is 42.8 Å². The van der Waals surface area contributed by atoms with E-state index in [4.69, 9.17) is 45.3 Å². The lowest BCUT2D eigenvalue weighted by Crippen LogP contribution is -2.42. The molecular weight excluding hydrogens is 732 g/mol. The number of nitrogens with zero attached hydrogens (tertiary/aromatic N) is 4. The predicted octanol–water partition coefficient (Wildman–Crippen LogP) is 4.25. The van der Waals surface area contributed by atoms with Crippen molar-refractivity contribution >= 4 is 35.2 Å². The average Bonchev–Trinajstić information content (AvgIpc) is 3.16. The van der Waals surface area contributed by atoms with E-state index in [0.717, 1.165) is 25.7 Å². The van der Waals surface area contributed by atoms with Gasteiger partial charge in [0.05, 0.1) is 76.0 Å². The number of anilines is 1. The van der Waals surface area contributed by atoms with Crippen molar-refractivity contribution in [3.8, 4) is 11.8 Å². The van der Waals surface area contributed by atoms with Gasteiger partial charge in [0.15, 0.2) is 11.5 Å². The molecule has 2 N–H and O–H groups in total. The van der Waals surface area contributed by atoms with Crippen LogP contribution in [0.4, 0.5) is 5.82 Å². The maximum Gasteiger partial charge on any atom is 0.308 e. The monoisotopic (exact) mass is 786 g/mol. The number of ether oxygens (including phenoxy) is 6. The predicted molar refractivity (Wildman–Crippen MR) is 204 cm³/mol. The quantitative estimate of drug-likeness (QED) is 0.135. The van der Waals surface area contributed by atoms with E-state index in [2.05, 4.69) is 25.7 Å². The minimum atomic E-state index is -0.493. The number of hydrogen-bond donors (Lipinski definition) is 2. The summed E-state index contributed by atoms with van der Waals surface area (Å²) >= 11 is 6.12. The third kappa shape index (κ3) is 16.3. The first-order valence-electron chi connectivity index (χ1n) is 19.1. The Kier molecular flexibility index (Phi) is 18.3. The lowest BCUT2D eigenvalue weighted by atomic mass is 9.93. The van der Waals surface area contributed by atoms with E-state index in [1.807, 2.05) is 26.8 Å². The van der Waals surface area contributed by atoms with Gasteiger partial charge in [-0.3, -0.25) is 14.4 Å². The zero-order valence-electron chi connectivity index (χ0n) is 32.2. The molecule has 2 fully saturated rings. The van der Waals surface area contributed by atoms with Gasteiger partial charge in [0, 0.05) is 37.7 Å². The Morgan fingerprint density at radius 3 is 2.07 bits per heavy atom. The van der Waals surface area contributed by atoms with Gasteiger partial charge in [-0.15, -0.1) is 10.2 Å². The van der Waals surface area contributed by atoms with E-state index in [1.54, 1.807) is 30.3 Å². The van der Waals surface area contributed by atoms with Gasteiger partial charge in [0.25, 0.3) is 5.91 Å². The van der Waals surface area contributed by atoms with Crippen molar-refractivity contribution in [3.63, 3.8) is 0 Å². The highest BCUT2D eigenvalue weighted by atomic mass is 35.5. The van der Waals surface area contributed by atoms with Crippen molar-refractivity contribution in [1.29, 1.82) is 5.26 Å². The standard InChI is InChI=1S/C39H55ClN6O9/c1-39(2,3)55-36(47)14-18-50-20-22-52-24-25-53-23-21-51-19-15-42-37(48)28-12-16-46(17-13-28)35-11-10-34(44-45-35)38(49)43-30-5-8-31(9-6-30)54-32-7-4-29(27-41)33(40)26-32/h4,7,10-11,26,28,30-31H,5-6,8-9,12-25H2,1-3H3,(H,42,48)(H,43,49)/t30-,31-. The van der Waals surface area contributed by atoms with Gasteiger partial charge in [-0.05, 0) is 83.6 Å². The number of aromatic nitrogens is 2. The molecule has 55 heavy (non-hydrogen) atoms. The zero-order valence-corrected chi connectivity index (χ0v) is 32.9. The summed E-state index contributed by atoms with van der Waals surface area (Å²) in [5, 5.41) is 24.0. The van der Waals surface area contributed by atoms with Gasteiger partial charge in [0.2, 0.25) is 5.91 Å². The second-order valence-electron chi connectivity index (χ2n) is 14.4. The van der Waals surface area contributed by atoms with E-state index < -0.39 is 5.60 Å². The molecule has 2 amide bonds. The first kappa shape index (κ1) is 43.7. The summed E-state index contributed by atoms with van der Waals surface area (Å²) in [5.41, 5.74) is 0.181. The summed E-state index contributed by atoms with van der Waals surface area (Å²) in [6, 6.07) is 10.6. The maximum atomic E-state index is 12.9. The fraction of sp³-hybridized carbons (Fsp3) is 0.641. The van der Waals surface area contributed by atoms with Crippen LogP contribution in [0.15, 0.2) is 30.3 Å². The Morgan fingerprint density at radius 2 is 1.49 bits per heavy atom. The van der Waals surface area contributed by atoms with Gasteiger partial charge < -0.3 is 44.0 Å². The van der Waals surface area contributed by atoms with Gasteiger partial charge in [0.1, 0.15) is 17.4 Å². The Balaban J connectivity index is 0.980. The SMILES string of the molecule is CC(C)(C)OC(=O)CCOCCOCCOCCOCCNC(=O)C1CCN(c2ccc(C(=O)N[C@H]3CC[C@H](Oc4ccc(C#N)c(Cl)c4)CC3)nn2)CC1. The number of benzene rings is 1. The molecular formula is C39H55ClN6O9. The van der Waals surface area contributed by atoms with Crippen molar-refractivity contribution in [2.75, 3.05) is 77.4 Å². The van der Waals surface area contributed by atoms with Crippen LogP contribution >= 0.6 is 11.6 Å². The fourth-order valence-corrected chi connectivity index (χ4v) is 6.34.